The summed E-state index contributed by atoms with van der Waals surface area (Å²) in [6.45, 7) is 15.9. The Kier molecular flexibility index (Phi) is 8.08. The lowest BCUT2D eigenvalue weighted by atomic mass is 9.86. The fourth-order valence-corrected chi connectivity index (χ4v) is 3.04. The van der Waals surface area contributed by atoms with Crippen LogP contribution in [0.3, 0.4) is 0 Å². The molecular weight excluding hydrogens is 248 g/mol. The van der Waals surface area contributed by atoms with E-state index < -0.39 is 0 Å². The number of hydrogen-bond acceptors (Lipinski definition) is 3. The second-order valence-corrected chi connectivity index (χ2v) is 7.44. The van der Waals surface area contributed by atoms with Crippen molar-refractivity contribution in [3.8, 4) is 0 Å². The normalized spacial score (nSPS) is 20.6. The summed E-state index contributed by atoms with van der Waals surface area (Å²) in [4.78, 5) is 2.54. The van der Waals surface area contributed by atoms with Crippen molar-refractivity contribution in [1.29, 1.82) is 0 Å². The molecule has 0 amide bonds. The molecule has 1 unspecified atom stereocenters. The first-order valence-electron chi connectivity index (χ1n) is 8.42. The molecule has 3 heteroatoms. The smallest absolute Gasteiger partial charge is 0.0469 e. The maximum atomic E-state index is 5.45. The zero-order valence-electron chi connectivity index (χ0n) is 14.4. The molecule has 1 saturated heterocycles. The molecule has 0 saturated carbocycles. The highest BCUT2D eigenvalue weighted by Crippen LogP contribution is 2.23. The molecule has 20 heavy (non-hydrogen) atoms. The van der Waals surface area contributed by atoms with Crippen LogP contribution < -0.4 is 5.32 Å². The summed E-state index contributed by atoms with van der Waals surface area (Å²) in [5.41, 5.74) is 0.384. The Bertz CT molecular complexity index is 251. The molecule has 120 valence electrons. The lowest BCUT2D eigenvalue weighted by molar-refractivity contribution is 0.0499. The first-order valence-corrected chi connectivity index (χ1v) is 8.42. The topological polar surface area (TPSA) is 24.5 Å². The third-order valence-electron chi connectivity index (χ3n) is 4.52. The average Bonchev–Trinajstić information content (AvgIpc) is 2.39. The van der Waals surface area contributed by atoms with Crippen molar-refractivity contribution in [2.45, 2.75) is 47.0 Å². The zero-order valence-corrected chi connectivity index (χ0v) is 14.4. The van der Waals surface area contributed by atoms with E-state index in [0.29, 0.717) is 5.41 Å². The Morgan fingerprint density at radius 3 is 2.50 bits per heavy atom. The third kappa shape index (κ3) is 7.05. The molecule has 0 radical (unpaired) electrons. The zero-order chi connectivity index (χ0) is 15.0. The van der Waals surface area contributed by atoms with Gasteiger partial charge in [-0.3, -0.25) is 0 Å². The second-order valence-electron chi connectivity index (χ2n) is 7.44. The summed E-state index contributed by atoms with van der Waals surface area (Å²) < 4.78 is 5.45. The van der Waals surface area contributed by atoms with Gasteiger partial charge in [0.15, 0.2) is 0 Å². The van der Waals surface area contributed by atoms with Gasteiger partial charge < -0.3 is 15.0 Å². The molecule has 1 fully saturated rings. The van der Waals surface area contributed by atoms with Crippen LogP contribution in [0.2, 0.25) is 0 Å². The summed E-state index contributed by atoms with van der Waals surface area (Å²) in [5.74, 6) is 1.56. The molecule has 0 aromatic rings. The second kappa shape index (κ2) is 9.01. The van der Waals surface area contributed by atoms with Crippen LogP contribution >= 0.6 is 0 Å². The van der Waals surface area contributed by atoms with Crippen LogP contribution in [0, 0.1) is 17.3 Å². The molecule has 0 aromatic heterocycles. The maximum Gasteiger partial charge on any atom is 0.0469 e. The molecule has 0 spiro atoms. The van der Waals surface area contributed by atoms with Crippen LogP contribution in [0.1, 0.15) is 47.0 Å². The molecule has 1 rings (SSSR count). The largest absolute Gasteiger partial charge is 0.381 e. The third-order valence-corrected chi connectivity index (χ3v) is 4.52. The first-order chi connectivity index (χ1) is 9.45. The monoisotopic (exact) mass is 284 g/mol. The predicted octanol–water partition coefficient (Wildman–Crippen LogP) is 3.01. The minimum absolute atomic E-state index is 0.384. The van der Waals surface area contributed by atoms with E-state index in [1.807, 2.05) is 0 Å². The van der Waals surface area contributed by atoms with Gasteiger partial charge in [-0.15, -0.1) is 0 Å². The summed E-state index contributed by atoms with van der Waals surface area (Å²) >= 11 is 0. The van der Waals surface area contributed by atoms with Crippen molar-refractivity contribution in [3.05, 3.63) is 0 Å². The average molecular weight is 284 g/mol. The highest BCUT2D eigenvalue weighted by atomic mass is 16.5. The van der Waals surface area contributed by atoms with Gasteiger partial charge >= 0.3 is 0 Å². The predicted molar refractivity (Wildman–Crippen MR) is 87.1 cm³/mol. The number of rotatable bonds is 9. The van der Waals surface area contributed by atoms with Crippen molar-refractivity contribution in [2.24, 2.45) is 17.3 Å². The molecule has 1 atom stereocenters. The Labute approximate surface area is 126 Å². The Morgan fingerprint density at radius 1 is 1.30 bits per heavy atom. The van der Waals surface area contributed by atoms with Crippen LogP contribution in [-0.2, 0) is 4.74 Å². The molecule has 1 aliphatic rings. The fraction of sp³-hybridized carbons (Fsp3) is 1.00. The van der Waals surface area contributed by atoms with Gasteiger partial charge in [0.2, 0.25) is 0 Å². The highest BCUT2D eigenvalue weighted by molar-refractivity contribution is 4.80. The molecule has 0 aromatic carbocycles. The van der Waals surface area contributed by atoms with Gasteiger partial charge in [-0.05, 0) is 50.1 Å². The lowest BCUT2D eigenvalue weighted by Crippen LogP contribution is -2.43. The van der Waals surface area contributed by atoms with Crippen LogP contribution in [0.15, 0.2) is 0 Å². The van der Waals surface area contributed by atoms with Gasteiger partial charge in [0.25, 0.3) is 0 Å². The summed E-state index contributed by atoms with van der Waals surface area (Å²) in [7, 11) is 2.28. The lowest BCUT2D eigenvalue weighted by Gasteiger charge is -2.35. The standard InChI is InChI=1S/C17H36N2O/c1-6-17(4,13-18-11-15(2)3)14-19(5)12-16-7-9-20-10-8-16/h15-16,18H,6-14H2,1-5H3. The Morgan fingerprint density at radius 2 is 1.95 bits per heavy atom. The summed E-state index contributed by atoms with van der Waals surface area (Å²) in [6.07, 6.45) is 3.70. The van der Waals surface area contributed by atoms with Gasteiger partial charge in [0.05, 0.1) is 0 Å². The van der Waals surface area contributed by atoms with E-state index in [2.05, 4.69) is 45.0 Å². The fourth-order valence-electron chi connectivity index (χ4n) is 3.04. The van der Waals surface area contributed by atoms with E-state index >= 15 is 0 Å². The van der Waals surface area contributed by atoms with Crippen molar-refractivity contribution < 1.29 is 4.74 Å². The summed E-state index contributed by atoms with van der Waals surface area (Å²) in [6, 6.07) is 0. The van der Waals surface area contributed by atoms with E-state index in [1.54, 1.807) is 0 Å². The van der Waals surface area contributed by atoms with E-state index in [-0.39, 0.29) is 0 Å². The minimum atomic E-state index is 0.384. The molecule has 0 aliphatic carbocycles. The number of nitrogens with one attached hydrogen (secondary N) is 1. The van der Waals surface area contributed by atoms with Crippen LogP contribution in [0.5, 0.6) is 0 Å². The number of nitrogens with zero attached hydrogens (tertiary/aromatic N) is 1. The Hall–Kier alpha value is -0.120. The highest BCUT2D eigenvalue weighted by Gasteiger charge is 2.25. The molecule has 0 bridgehead atoms. The van der Waals surface area contributed by atoms with Crippen LogP contribution in [0.4, 0.5) is 0 Å². The minimum Gasteiger partial charge on any atom is -0.381 e. The van der Waals surface area contributed by atoms with Gasteiger partial charge in [-0.2, -0.15) is 0 Å². The Balaban J connectivity index is 2.32. The molecule has 3 nitrogen and oxygen atoms in total. The van der Waals surface area contributed by atoms with Crippen LogP contribution in [0.25, 0.3) is 0 Å². The van der Waals surface area contributed by atoms with Crippen molar-refractivity contribution in [3.63, 3.8) is 0 Å². The molecule has 1 aliphatic heterocycles. The quantitative estimate of drug-likeness (QED) is 0.704. The van der Waals surface area contributed by atoms with E-state index in [0.717, 1.165) is 38.1 Å². The van der Waals surface area contributed by atoms with Gasteiger partial charge in [-0.25, -0.2) is 0 Å². The van der Waals surface area contributed by atoms with E-state index in [4.69, 9.17) is 4.74 Å². The van der Waals surface area contributed by atoms with E-state index in [1.165, 1.54) is 32.4 Å². The van der Waals surface area contributed by atoms with Gasteiger partial charge in [-0.1, -0.05) is 27.7 Å². The number of hydrogen-bond donors (Lipinski definition) is 1. The first kappa shape index (κ1) is 17.9. The van der Waals surface area contributed by atoms with Gasteiger partial charge in [0, 0.05) is 32.8 Å². The SMILES string of the molecule is CCC(C)(CNCC(C)C)CN(C)CC1CCOCC1. The van der Waals surface area contributed by atoms with Crippen molar-refractivity contribution >= 4 is 0 Å². The van der Waals surface area contributed by atoms with E-state index in [9.17, 15) is 0 Å². The number of ether oxygens (including phenoxy) is 1. The van der Waals surface area contributed by atoms with Gasteiger partial charge in [0.1, 0.15) is 0 Å². The van der Waals surface area contributed by atoms with Crippen LogP contribution in [-0.4, -0.2) is 51.3 Å². The maximum absolute atomic E-state index is 5.45. The summed E-state index contributed by atoms with van der Waals surface area (Å²) in [5, 5.41) is 3.64. The van der Waals surface area contributed by atoms with Crippen molar-refractivity contribution in [1.82, 2.24) is 10.2 Å². The molecule has 1 heterocycles. The molecular formula is C17H36N2O. The van der Waals surface area contributed by atoms with Crippen molar-refractivity contribution in [2.75, 3.05) is 46.4 Å². The molecule has 1 N–H and O–H groups in total.